The Morgan fingerprint density at radius 3 is 2.87 bits per heavy atom. The molecule has 1 amide bonds. The first-order valence-corrected chi connectivity index (χ1v) is 7.04. The Hall–Kier alpha value is -2.73. The molecule has 2 N–H and O–H groups in total. The van der Waals surface area contributed by atoms with Crippen LogP contribution in [0.15, 0.2) is 47.6 Å². The summed E-state index contributed by atoms with van der Waals surface area (Å²) in [5.74, 6) is 0.552. The van der Waals surface area contributed by atoms with Crippen molar-refractivity contribution in [2.75, 3.05) is 13.7 Å². The first-order valence-electron chi connectivity index (χ1n) is 6.66. The van der Waals surface area contributed by atoms with E-state index in [4.69, 9.17) is 21.1 Å². The van der Waals surface area contributed by atoms with Crippen LogP contribution in [0, 0.1) is 0 Å². The summed E-state index contributed by atoms with van der Waals surface area (Å²) in [4.78, 5) is 11.6. The molecule has 0 aliphatic heterocycles. The minimum atomic E-state index is -0.455. The van der Waals surface area contributed by atoms with Crippen molar-refractivity contribution in [3.05, 3.63) is 53.1 Å². The predicted molar refractivity (Wildman–Crippen MR) is 87.3 cm³/mol. The van der Waals surface area contributed by atoms with Crippen LogP contribution >= 0.6 is 11.6 Å². The quantitative estimate of drug-likeness (QED) is 0.628. The van der Waals surface area contributed by atoms with Crippen molar-refractivity contribution in [3.8, 4) is 17.2 Å². The van der Waals surface area contributed by atoms with Crippen LogP contribution in [0.1, 0.15) is 5.56 Å². The number of hydrogen-bond acceptors (Lipinski definition) is 5. The normalized spacial score (nSPS) is 10.5. The van der Waals surface area contributed by atoms with E-state index in [0.717, 1.165) is 0 Å². The highest BCUT2D eigenvalue weighted by Crippen LogP contribution is 2.23. The molecule has 23 heavy (non-hydrogen) atoms. The Kier molecular flexibility index (Phi) is 5.82. The van der Waals surface area contributed by atoms with Crippen molar-refractivity contribution in [1.29, 1.82) is 0 Å². The Morgan fingerprint density at radius 1 is 1.35 bits per heavy atom. The van der Waals surface area contributed by atoms with Crippen LogP contribution in [0.2, 0.25) is 5.02 Å². The number of para-hydroxylation sites is 1. The van der Waals surface area contributed by atoms with Crippen molar-refractivity contribution in [2.24, 2.45) is 5.10 Å². The van der Waals surface area contributed by atoms with E-state index < -0.39 is 5.91 Å². The highest BCUT2D eigenvalue weighted by molar-refractivity contribution is 6.32. The van der Waals surface area contributed by atoms with Crippen molar-refractivity contribution in [2.45, 2.75) is 0 Å². The molecule has 0 aromatic heterocycles. The molecular formula is C16H15ClN2O4. The zero-order valence-corrected chi connectivity index (χ0v) is 13.1. The van der Waals surface area contributed by atoms with Crippen molar-refractivity contribution in [3.63, 3.8) is 0 Å². The van der Waals surface area contributed by atoms with Crippen LogP contribution in [-0.4, -0.2) is 30.9 Å². The van der Waals surface area contributed by atoms with E-state index in [1.807, 2.05) is 0 Å². The summed E-state index contributed by atoms with van der Waals surface area (Å²) in [6.07, 6.45) is 1.31. The zero-order valence-electron chi connectivity index (χ0n) is 12.3. The second kappa shape index (κ2) is 8.05. The van der Waals surface area contributed by atoms with Gasteiger partial charge in [-0.3, -0.25) is 4.79 Å². The third kappa shape index (κ3) is 4.89. The van der Waals surface area contributed by atoms with Gasteiger partial charge in [0.15, 0.2) is 6.61 Å². The molecule has 0 heterocycles. The average molecular weight is 335 g/mol. The predicted octanol–water partition coefficient (Wildman–Crippen LogP) is 2.58. The van der Waals surface area contributed by atoms with E-state index >= 15 is 0 Å². The van der Waals surface area contributed by atoms with E-state index in [1.165, 1.54) is 19.4 Å². The second-order valence-electron chi connectivity index (χ2n) is 4.44. The minimum absolute atomic E-state index is 0.0242. The molecule has 0 saturated carbocycles. The number of hydrazone groups is 1. The van der Waals surface area contributed by atoms with E-state index in [9.17, 15) is 9.90 Å². The van der Waals surface area contributed by atoms with E-state index in [2.05, 4.69) is 10.5 Å². The minimum Gasteiger partial charge on any atom is -0.507 e. The molecule has 0 unspecified atom stereocenters. The van der Waals surface area contributed by atoms with E-state index in [-0.39, 0.29) is 12.4 Å². The summed E-state index contributed by atoms with van der Waals surface area (Å²) < 4.78 is 10.3. The number of phenols is 1. The van der Waals surface area contributed by atoms with Gasteiger partial charge in [0.2, 0.25) is 0 Å². The van der Waals surface area contributed by atoms with E-state index in [1.54, 1.807) is 36.4 Å². The maximum atomic E-state index is 11.6. The number of halogens is 1. The summed E-state index contributed by atoms with van der Waals surface area (Å²) in [6.45, 7) is -0.231. The SMILES string of the molecule is COc1ccc(O)c(C=NNC(=O)COc2ccccc2Cl)c1. The van der Waals surface area contributed by atoms with Gasteiger partial charge < -0.3 is 14.6 Å². The molecule has 0 atom stereocenters. The van der Waals surface area contributed by atoms with Crippen LogP contribution in [0.3, 0.4) is 0 Å². The number of carbonyl (C=O) groups excluding carboxylic acids is 1. The Morgan fingerprint density at radius 2 is 2.13 bits per heavy atom. The van der Waals surface area contributed by atoms with Crippen LogP contribution in [0.25, 0.3) is 0 Å². The molecule has 6 nitrogen and oxygen atoms in total. The maximum Gasteiger partial charge on any atom is 0.277 e. The molecule has 2 aromatic rings. The fourth-order valence-electron chi connectivity index (χ4n) is 1.67. The van der Waals surface area contributed by atoms with Gasteiger partial charge in [0.1, 0.15) is 17.2 Å². The molecule has 2 rings (SSSR count). The van der Waals surface area contributed by atoms with Gasteiger partial charge in [0.05, 0.1) is 18.3 Å². The number of nitrogens with zero attached hydrogens (tertiary/aromatic N) is 1. The van der Waals surface area contributed by atoms with Gasteiger partial charge in [-0.2, -0.15) is 5.10 Å². The van der Waals surface area contributed by atoms with Crippen molar-refractivity contribution >= 4 is 23.7 Å². The van der Waals surface area contributed by atoms with Crippen molar-refractivity contribution in [1.82, 2.24) is 5.43 Å². The number of nitrogens with one attached hydrogen (secondary N) is 1. The van der Waals surface area contributed by atoms with Gasteiger partial charge in [-0.15, -0.1) is 0 Å². The lowest BCUT2D eigenvalue weighted by atomic mass is 10.2. The number of rotatable bonds is 6. The Labute approximate surface area is 138 Å². The third-order valence-corrected chi connectivity index (χ3v) is 3.14. The molecule has 0 saturated heterocycles. The number of hydrogen-bond donors (Lipinski definition) is 2. The second-order valence-corrected chi connectivity index (χ2v) is 4.84. The Balaban J connectivity index is 1.88. The zero-order chi connectivity index (χ0) is 16.7. The lowest BCUT2D eigenvalue weighted by Gasteiger charge is -2.06. The van der Waals surface area contributed by atoms with Crippen LogP contribution in [0.4, 0.5) is 0 Å². The number of methoxy groups -OCH3 is 1. The van der Waals surface area contributed by atoms with Gasteiger partial charge in [-0.1, -0.05) is 23.7 Å². The molecule has 0 radical (unpaired) electrons. The highest BCUT2D eigenvalue weighted by atomic mass is 35.5. The lowest BCUT2D eigenvalue weighted by Crippen LogP contribution is -2.24. The van der Waals surface area contributed by atoms with Crippen LogP contribution in [0.5, 0.6) is 17.2 Å². The third-order valence-electron chi connectivity index (χ3n) is 2.82. The molecule has 0 aliphatic carbocycles. The standard InChI is InChI=1S/C16H15ClN2O4/c1-22-12-6-7-14(20)11(8-12)9-18-19-16(21)10-23-15-5-3-2-4-13(15)17/h2-9,20H,10H2,1H3,(H,19,21). The Bertz CT molecular complexity index is 719. The first-order chi connectivity index (χ1) is 11.1. The highest BCUT2D eigenvalue weighted by Gasteiger charge is 2.05. The van der Waals surface area contributed by atoms with Gasteiger partial charge in [-0.05, 0) is 30.3 Å². The van der Waals surface area contributed by atoms with Gasteiger partial charge in [0, 0.05) is 5.56 Å². The number of carbonyl (C=O) groups is 1. The lowest BCUT2D eigenvalue weighted by molar-refractivity contribution is -0.123. The number of ether oxygens (including phenoxy) is 2. The summed E-state index contributed by atoms with van der Waals surface area (Å²) in [5, 5.41) is 13.9. The average Bonchev–Trinajstić information content (AvgIpc) is 2.56. The maximum absolute atomic E-state index is 11.6. The molecule has 0 bridgehead atoms. The van der Waals surface area contributed by atoms with Gasteiger partial charge >= 0.3 is 0 Å². The molecule has 0 aliphatic rings. The smallest absolute Gasteiger partial charge is 0.277 e. The number of benzene rings is 2. The fourth-order valence-corrected chi connectivity index (χ4v) is 1.86. The summed E-state index contributed by atoms with van der Waals surface area (Å²) in [6, 6.07) is 11.5. The first kappa shape index (κ1) is 16.6. The van der Waals surface area contributed by atoms with Crippen LogP contribution in [-0.2, 0) is 4.79 Å². The molecule has 0 spiro atoms. The van der Waals surface area contributed by atoms with E-state index in [0.29, 0.717) is 22.1 Å². The number of amides is 1. The van der Waals surface area contributed by atoms with Gasteiger partial charge in [0.25, 0.3) is 5.91 Å². The number of phenolic OH excluding ortho intramolecular Hbond substituents is 1. The van der Waals surface area contributed by atoms with Crippen molar-refractivity contribution < 1.29 is 19.4 Å². The topological polar surface area (TPSA) is 80.2 Å². The molecule has 0 fully saturated rings. The molecule has 2 aromatic carbocycles. The monoisotopic (exact) mass is 334 g/mol. The summed E-state index contributed by atoms with van der Waals surface area (Å²) in [7, 11) is 1.52. The van der Waals surface area contributed by atoms with Gasteiger partial charge in [-0.25, -0.2) is 5.43 Å². The van der Waals surface area contributed by atoms with Crippen LogP contribution < -0.4 is 14.9 Å². The summed E-state index contributed by atoms with van der Waals surface area (Å²) >= 11 is 5.91. The summed E-state index contributed by atoms with van der Waals surface area (Å²) in [5.41, 5.74) is 2.71. The fraction of sp³-hybridized carbons (Fsp3) is 0.125. The molecular weight excluding hydrogens is 320 g/mol. The molecule has 120 valence electrons. The largest absolute Gasteiger partial charge is 0.507 e. The molecule has 7 heteroatoms. The number of aromatic hydroxyl groups is 1.